The fourth-order valence-electron chi connectivity index (χ4n) is 2.73. The summed E-state index contributed by atoms with van der Waals surface area (Å²) in [5, 5.41) is 0. The second-order valence-corrected chi connectivity index (χ2v) is 5.59. The van der Waals surface area contributed by atoms with Gasteiger partial charge in [-0.2, -0.15) is 0 Å². The lowest BCUT2D eigenvalue weighted by atomic mass is 9.75. The van der Waals surface area contributed by atoms with Gasteiger partial charge in [0.15, 0.2) is 0 Å². The van der Waals surface area contributed by atoms with Crippen LogP contribution in [0.4, 0.5) is 0 Å². The van der Waals surface area contributed by atoms with E-state index in [1.165, 1.54) is 6.92 Å². The highest BCUT2D eigenvalue weighted by molar-refractivity contribution is 5.66. The van der Waals surface area contributed by atoms with E-state index in [2.05, 4.69) is 6.92 Å². The van der Waals surface area contributed by atoms with Crippen molar-refractivity contribution in [1.82, 2.24) is 0 Å². The highest BCUT2D eigenvalue weighted by Gasteiger charge is 2.57. The van der Waals surface area contributed by atoms with Gasteiger partial charge in [0.2, 0.25) is 0 Å². The number of hydrogen-bond acceptors (Lipinski definition) is 3. The molecule has 0 bridgehead atoms. The molecule has 2 aliphatic rings. The molecule has 0 aromatic carbocycles. The van der Waals surface area contributed by atoms with E-state index in [1.54, 1.807) is 0 Å². The summed E-state index contributed by atoms with van der Waals surface area (Å²) in [4.78, 5) is 11.0. The molecular weight excluding hydrogens is 192 g/mol. The molecule has 0 aromatic heterocycles. The highest BCUT2D eigenvalue weighted by Crippen LogP contribution is 2.51. The monoisotopic (exact) mass is 212 g/mol. The third-order valence-electron chi connectivity index (χ3n) is 3.91. The molecule has 15 heavy (non-hydrogen) atoms. The van der Waals surface area contributed by atoms with Crippen molar-refractivity contribution < 1.29 is 14.3 Å². The van der Waals surface area contributed by atoms with Crippen molar-refractivity contribution in [3.8, 4) is 0 Å². The van der Waals surface area contributed by atoms with Crippen LogP contribution >= 0.6 is 0 Å². The quantitative estimate of drug-likeness (QED) is 0.520. The molecule has 1 saturated carbocycles. The Morgan fingerprint density at radius 1 is 1.53 bits per heavy atom. The first-order valence-electron chi connectivity index (χ1n) is 5.71. The van der Waals surface area contributed by atoms with Crippen molar-refractivity contribution in [2.75, 3.05) is 0 Å². The number of fused-ring (bicyclic) bond motifs is 1. The largest absolute Gasteiger partial charge is 0.460 e. The molecule has 2 fully saturated rings. The van der Waals surface area contributed by atoms with Crippen LogP contribution in [0.5, 0.6) is 0 Å². The average molecular weight is 212 g/mol. The number of ether oxygens (including phenoxy) is 2. The molecule has 0 aromatic rings. The zero-order valence-electron chi connectivity index (χ0n) is 10.0. The normalized spacial score (nSPS) is 39.5. The van der Waals surface area contributed by atoms with Crippen LogP contribution in [0, 0.1) is 5.92 Å². The van der Waals surface area contributed by atoms with Crippen LogP contribution in [0.25, 0.3) is 0 Å². The first kappa shape index (κ1) is 10.9. The molecule has 1 aliphatic carbocycles. The van der Waals surface area contributed by atoms with Crippen molar-refractivity contribution in [3.05, 3.63) is 0 Å². The summed E-state index contributed by atoms with van der Waals surface area (Å²) in [6.07, 6.45) is 3.60. The Morgan fingerprint density at radius 2 is 2.20 bits per heavy atom. The lowest BCUT2D eigenvalue weighted by molar-refractivity contribution is -0.160. The molecule has 1 heterocycles. The van der Waals surface area contributed by atoms with Gasteiger partial charge in [0.1, 0.15) is 5.60 Å². The van der Waals surface area contributed by atoms with Crippen molar-refractivity contribution in [1.29, 1.82) is 0 Å². The van der Waals surface area contributed by atoms with Crippen molar-refractivity contribution in [3.63, 3.8) is 0 Å². The number of carbonyl (C=O) groups is 1. The summed E-state index contributed by atoms with van der Waals surface area (Å²) >= 11 is 0. The maximum absolute atomic E-state index is 11.0. The Bertz CT molecular complexity index is 285. The zero-order chi connectivity index (χ0) is 11.3. The molecule has 0 amide bonds. The molecular formula is C12H20O3. The first-order valence-corrected chi connectivity index (χ1v) is 5.71. The first-order chi connectivity index (χ1) is 6.83. The van der Waals surface area contributed by atoms with E-state index < -0.39 is 0 Å². The van der Waals surface area contributed by atoms with Crippen LogP contribution in [0.2, 0.25) is 0 Å². The van der Waals surface area contributed by atoms with E-state index in [9.17, 15) is 4.79 Å². The number of carbonyl (C=O) groups excluding carboxylic acids is 1. The van der Waals surface area contributed by atoms with Gasteiger partial charge in [0.25, 0.3) is 0 Å². The van der Waals surface area contributed by atoms with E-state index in [-0.39, 0.29) is 17.2 Å². The molecule has 2 rings (SSSR count). The number of epoxide rings is 1. The molecule has 3 heteroatoms. The van der Waals surface area contributed by atoms with Gasteiger partial charge < -0.3 is 9.47 Å². The van der Waals surface area contributed by atoms with Gasteiger partial charge in [-0.15, -0.1) is 0 Å². The van der Waals surface area contributed by atoms with Gasteiger partial charge in [-0.05, 0) is 40.0 Å². The van der Waals surface area contributed by atoms with Crippen LogP contribution in [0.15, 0.2) is 0 Å². The lowest BCUT2D eigenvalue weighted by Crippen LogP contribution is -2.40. The van der Waals surface area contributed by atoms with Crippen molar-refractivity contribution in [2.24, 2.45) is 5.92 Å². The fourth-order valence-corrected chi connectivity index (χ4v) is 2.73. The minimum Gasteiger partial charge on any atom is -0.460 e. The van der Waals surface area contributed by atoms with Gasteiger partial charge in [-0.25, -0.2) is 0 Å². The molecule has 3 nitrogen and oxygen atoms in total. The Hall–Kier alpha value is -0.570. The van der Waals surface area contributed by atoms with Gasteiger partial charge in [-0.1, -0.05) is 0 Å². The van der Waals surface area contributed by atoms with E-state index in [1.807, 2.05) is 13.8 Å². The highest BCUT2D eigenvalue weighted by atomic mass is 16.6. The molecule has 1 saturated heterocycles. The van der Waals surface area contributed by atoms with Crippen LogP contribution < -0.4 is 0 Å². The minimum atomic E-state index is -0.348. The summed E-state index contributed by atoms with van der Waals surface area (Å²) < 4.78 is 11.0. The Labute approximate surface area is 91.1 Å². The third-order valence-corrected chi connectivity index (χ3v) is 3.91. The summed E-state index contributed by atoms with van der Waals surface area (Å²) in [5.74, 6) is 0.243. The topological polar surface area (TPSA) is 38.8 Å². The number of rotatable bonds is 2. The van der Waals surface area contributed by atoms with E-state index in [0.717, 1.165) is 19.3 Å². The number of hydrogen-bond donors (Lipinski definition) is 0. The number of esters is 1. The van der Waals surface area contributed by atoms with E-state index >= 15 is 0 Å². The third kappa shape index (κ3) is 2.03. The standard InChI is InChI=1S/C12H20O3/c1-8(13)14-11(2,3)9-5-6-12(4)10(7-9)15-12/h9-10H,5-7H2,1-4H3/t9-,10+,12-/m0/s1. The zero-order valence-corrected chi connectivity index (χ0v) is 10.0. The molecule has 86 valence electrons. The SMILES string of the molecule is CC(=O)OC(C)(C)[C@H]1CC[C@]2(C)O[C@@H]2C1. The second-order valence-electron chi connectivity index (χ2n) is 5.59. The smallest absolute Gasteiger partial charge is 0.303 e. The summed E-state index contributed by atoms with van der Waals surface area (Å²) in [6.45, 7) is 7.66. The fraction of sp³-hybridized carbons (Fsp3) is 0.917. The summed E-state index contributed by atoms with van der Waals surface area (Å²) in [5.41, 5.74) is -0.206. The maximum atomic E-state index is 11.0. The Morgan fingerprint density at radius 3 is 2.73 bits per heavy atom. The molecule has 0 spiro atoms. The summed E-state index contributed by atoms with van der Waals surface area (Å²) in [7, 11) is 0. The predicted molar refractivity (Wildman–Crippen MR) is 56.5 cm³/mol. The molecule has 3 atom stereocenters. The lowest BCUT2D eigenvalue weighted by Gasteiger charge is -2.36. The summed E-state index contributed by atoms with van der Waals surface area (Å²) in [6, 6.07) is 0. The second kappa shape index (κ2) is 3.21. The molecule has 0 N–H and O–H groups in total. The van der Waals surface area contributed by atoms with Crippen LogP contribution in [0.1, 0.15) is 47.0 Å². The van der Waals surface area contributed by atoms with Crippen LogP contribution in [-0.4, -0.2) is 23.3 Å². The predicted octanol–water partition coefficient (Wildman–Crippen LogP) is 2.29. The maximum Gasteiger partial charge on any atom is 0.303 e. The van der Waals surface area contributed by atoms with Gasteiger partial charge in [-0.3, -0.25) is 4.79 Å². The van der Waals surface area contributed by atoms with Crippen LogP contribution in [-0.2, 0) is 14.3 Å². The van der Waals surface area contributed by atoms with Crippen molar-refractivity contribution in [2.45, 2.75) is 64.3 Å². The Balaban J connectivity index is 1.96. The van der Waals surface area contributed by atoms with Crippen LogP contribution in [0.3, 0.4) is 0 Å². The molecule has 0 radical (unpaired) electrons. The molecule has 1 aliphatic heterocycles. The van der Waals surface area contributed by atoms with E-state index in [0.29, 0.717) is 12.0 Å². The van der Waals surface area contributed by atoms with Crippen molar-refractivity contribution >= 4 is 5.97 Å². The average Bonchev–Trinajstić information content (AvgIpc) is 2.72. The van der Waals surface area contributed by atoms with Gasteiger partial charge in [0, 0.05) is 12.8 Å². The van der Waals surface area contributed by atoms with E-state index in [4.69, 9.17) is 9.47 Å². The Kier molecular flexibility index (Phi) is 2.34. The van der Waals surface area contributed by atoms with Gasteiger partial charge >= 0.3 is 5.97 Å². The van der Waals surface area contributed by atoms with Gasteiger partial charge in [0.05, 0.1) is 11.7 Å². The minimum absolute atomic E-state index is 0.142. The molecule has 0 unspecified atom stereocenters.